The SMILES string of the molecule is Cc1cc(C)cc(N2CC(c3nnc(NC(=O)N(C)C)s3)CC2=O)c1. The molecule has 3 rings (SSSR count). The number of benzene rings is 1. The van der Waals surface area contributed by atoms with Crippen LogP contribution in [0.25, 0.3) is 0 Å². The van der Waals surface area contributed by atoms with E-state index >= 15 is 0 Å². The lowest BCUT2D eigenvalue weighted by atomic mass is 10.1. The quantitative estimate of drug-likeness (QED) is 0.914. The molecule has 2 heterocycles. The molecule has 0 spiro atoms. The molecule has 1 saturated heterocycles. The number of aromatic nitrogens is 2. The van der Waals surface area contributed by atoms with E-state index in [4.69, 9.17) is 0 Å². The molecule has 7 nitrogen and oxygen atoms in total. The number of hydrogen-bond donors (Lipinski definition) is 1. The van der Waals surface area contributed by atoms with Gasteiger partial charge in [0.05, 0.1) is 0 Å². The lowest BCUT2D eigenvalue weighted by Gasteiger charge is -2.17. The van der Waals surface area contributed by atoms with Crippen molar-refractivity contribution < 1.29 is 9.59 Å². The van der Waals surface area contributed by atoms with Gasteiger partial charge < -0.3 is 9.80 Å². The Bertz CT molecular complexity index is 797. The molecule has 1 unspecified atom stereocenters. The molecular formula is C17H21N5O2S. The highest BCUT2D eigenvalue weighted by atomic mass is 32.1. The average Bonchev–Trinajstić information content (AvgIpc) is 3.12. The van der Waals surface area contributed by atoms with Crippen LogP contribution in [0.15, 0.2) is 18.2 Å². The zero-order valence-corrected chi connectivity index (χ0v) is 15.6. The summed E-state index contributed by atoms with van der Waals surface area (Å²) in [4.78, 5) is 27.4. The van der Waals surface area contributed by atoms with Gasteiger partial charge in [-0.25, -0.2) is 4.79 Å². The van der Waals surface area contributed by atoms with Gasteiger partial charge in [0.2, 0.25) is 11.0 Å². The van der Waals surface area contributed by atoms with Crippen LogP contribution in [0.4, 0.5) is 15.6 Å². The van der Waals surface area contributed by atoms with Crippen LogP contribution in [0.1, 0.15) is 28.5 Å². The number of nitrogens with one attached hydrogen (secondary N) is 1. The summed E-state index contributed by atoms with van der Waals surface area (Å²) in [5.74, 6) is 0.0832. The molecule has 8 heteroatoms. The van der Waals surface area contributed by atoms with Crippen molar-refractivity contribution in [3.05, 3.63) is 34.3 Å². The summed E-state index contributed by atoms with van der Waals surface area (Å²) in [5, 5.41) is 12.1. The van der Waals surface area contributed by atoms with Crippen LogP contribution in [0.5, 0.6) is 0 Å². The highest BCUT2D eigenvalue weighted by Crippen LogP contribution is 2.34. The minimum Gasteiger partial charge on any atom is -0.331 e. The van der Waals surface area contributed by atoms with Crippen molar-refractivity contribution in [2.24, 2.45) is 0 Å². The molecule has 1 aliphatic rings. The summed E-state index contributed by atoms with van der Waals surface area (Å²) in [6, 6.07) is 5.89. The van der Waals surface area contributed by atoms with Crippen molar-refractivity contribution in [1.29, 1.82) is 0 Å². The number of hydrogen-bond acceptors (Lipinski definition) is 5. The first-order chi connectivity index (χ1) is 11.8. The van der Waals surface area contributed by atoms with Gasteiger partial charge in [0, 0.05) is 38.7 Å². The highest BCUT2D eigenvalue weighted by Gasteiger charge is 2.34. The van der Waals surface area contributed by atoms with Gasteiger partial charge in [-0.2, -0.15) is 0 Å². The van der Waals surface area contributed by atoms with Crippen LogP contribution in [0, 0.1) is 13.8 Å². The summed E-state index contributed by atoms with van der Waals surface area (Å²) in [6.45, 7) is 4.63. The molecule has 0 radical (unpaired) electrons. The van der Waals surface area contributed by atoms with E-state index in [9.17, 15) is 9.59 Å². The minimum absolute atomic E-state index is 0.00386. The molecule has 1 aliphatic heterocycles. The van der Waals surface area contributed by atoms with Gasteiger partial charge in [-0.3, -0.25) is 10.1 Å². The molecule has 1 aromatic heterocycles. The fourth-order valence-corrected chi connectivity index (χ4v) is 3.71. The van der Waals surface area contributed by atoms with Gasteiger partial charge in [0.1, 0.15) is 5.01 Å². The number of aryl methyl sites for hydroxylation is 2. The number of anilines is 2. The third-order valence-electron chi connectivity index (χ3n) is 4.05. The first-order valence-electron chi connectivity index (χ1n) is 8.04. The van der Waals surface area contributed by atoms with Crippen molar-refractivity contribution in [1.82, 2.24) is 15.1 Å². The van der Waals surface area contributed by atoms with E-state index in [1.807, 2.05) is 30.9 Å². The smallest absolute Gasteiger partial charge is 0.323 e. The molecule has 25 heavy (non-hydrogen) atoms. The van der Waals surface area contributed by atoms with E-state index in [-0.39, 0.29) is 17.9 Å². The van der Waals surface area contributed by atoms with E-state index in [1.165, 1.54) is 16.2 Å². The molecule has 0 bridgehead atoms. The number of urea groups is 1. The van der Waals surface area contributed by atoms with Gasteiger partial charge >= 0.3 is 6.03 Å². The van der Waals surface area contributed by atoms with Crippen LogP contribution in [0.2, 0.25) is 0 Å². The normalized spacial score (nSPS) is 17.0. The van der Waals surface area contributed by atoms with Crippen LogP contribution in [-0.4, -0.2) is 47.7 Å². The highest BCUT2D eigenvalue weighted by molar-refractivity contribution is 7.15. The molecule has 2 aromatic rings. The second-order valence-electron chi connectivity index (χ2n) is 6.52. The Hall–Kier alpha value is -2.48. The largest absolute Gasteiger partial charge is 0.331 e. The topological polar surface area (TPSA) is 78.4 Å². The predicted molar refractivity (Wildman–Crippen MR) is 98.2 cm³/mol. The zero-order chi connectivity index (χ0) is 18.1. The third kappa shape index (κ3) is 3.79. The van der Waals surface area contributed by atoms with Crippen molar-refractivity contribution in [2.75, 3.05) is 30.9 Å². The number of amides is 3. The van der Waals surface area contributed by atoms with E-state index in [1.54, 1.807) is 14.1 Å². The second-order valence-corrected chi connectivity index (χ2v) is 7.53. The number of nitrogens with zero attached hydrogens (tertiary/aromatic N) is 4. The van der Waals surface area contributed by atoms with Crippen LogP contribution >= 0.6 is 11.3 Å². The summed E-state index contributed by atoms with van der Waals surface area (Å²) in [5.41, 5.74) is 3.20. The monoisotopic (exact) mass is 359 g/mol. The van der Waals surface area contributed by atoms with Gasteiger partial charge in [-0.05, 0) is 37.1 Å². The zero-order valence-electron chi connectivity index (χ0n) is 14.7. The van der Waals surface area contributed by atoms with E-state index < -0.39 is 0 Å². The average molecular weight is 359 g/mol. The Morgan fingerprint density at radius 3 is 2.56 bits per heavy atom. The molecule has 0 saturated carbocycles. The number of carbonyl (C=O) groups is 2. The molecular weight excluding hydrogens is 338 g/mol. The van der Waals surface area contributed by atoms with E-state index in [0.717, 1.165) is 21.8 Å². The molecule has 3 amide bonds. The van der Waals surface area contributed by atoms with Crippen molar-refractivity contribution in [2.45, 2.75) is 26.2 Å². The maximum absolute atomic E-state index is 12.5. The van der Waals surface area contributed by atoms with Crippen LogP contribution < -0.4 is 10.2 Å². The molecule has 0 aliphatic carbocycles. The Balaban J connectivity index is 1.74. The first kappa shape index (κ1) is 17.3. The van der Waals surface area contributed by atoms with Crippen molar-refractivity contribution >= 4 is 34.1 Å². The van der Waals surface area contributed by atoms with E-state index in [2.05, 4.69) is 21.6 Å². The van der Waals surface area contributed by atoms with E-state index in [0.29, 0.717) is 18.1 Å². The molecule has 132 valence electrons. The second kappa shape index (κ2) is 6.79. The minimum atomic E-state index is -0.248. The fourth-order valence-electron chi connectivity index (χ4n) is 2.88. The summed E-state index contributed by atoms with van der Waals surface area (Å²) < 4.78 is 0. The molecule has 1 atom stereocenters. The van der Waals surface area contributed by atoms with Gasteiger partial charge in [-0.1, -0.05) is 17.4 Å². The Kier molecular flexibility index (Phi) is 4.71. The Morgan fingerprint density at radius 2 is 1.92 bits per heavy atom. The summed E-state index contributed by atoms with van der Waals surface area (Å²) >= 11 is 1.32. The maximum atomic E-state index is 12.5. The number of carbonyl (C=O) groups excluding carboxylic acids is 2. The van der Waals surface area contributed by atoms with Crippen molar-refractivity contribution in [3.8, 4) is 0 Å². The molecule has 1 aromatic carbocycles. The maximum Gasteiger partial charge on any atom is 0.323 e. The predicted octanol–water partition coefficient (Wildman–Crippen LogP) is 2.77. The lowest BCUT2D eigenvalue weighted by Crippen LogP contribution is -2.27. The standard InChI is InChI=1S/C17H21N5O2S/c1-10-5-11(2)7-13(6-10)22-9-12(8-14(22)23)15-19-20-16(25-15)18-17(24)21(3)4/h5-7,12H,8-9H2,1-4H3,(H,18,20,24). The third-order valence-corrected chi connectivity index (χ3v) is 5.05. The lowest BCUT2D eigenvalue weighted by molar-refractivity contribution is -0.117. The Labute approximate surface area is 150 Å². The molecule has 1 fully saturated rings. The van der Waals surface area contributed by atoms with Gasteiger partial charge in [0.25, 0.3) is 0 Å². The summed E-state index contributed by atoms with van der Waals surface area (Å²) in [7, 11) is 3.32. The Morgan fingerprint density at radius 1 is 1.24 bits per heavy atom. The number of rotatable bonds is 3. The van der Waals surface area contributed by atoms with Gasteiger partial charge in [0.15, 0.2) is 0 Å². The molecule has 1 N–H and O–H groups in total. The first-order valence-corrected chi connectivity index (χ1v) is 8.85. The van der Waals surface area contributed by atoms with Crippen molar-refractivity contribution in [3.63, 3.8) is 0 Å². The van der Waals surface area contributed by atoms with Gasteiger partial charge in [-0.15, -0.1) is 10.2 Å². The van der Waals surface area contributed by atoms with Crippen LogP contribution in [0.3, 0.4) is 0 Å². The summed E-state index contributed by atoms with van der Waals surface area (Å²) in [6.07, 6.45) is 0.406. The van der Waals surface area contributed by atoms with Crippen LogP contribution in [-0.2, 0) is 4.79 Å². The fraction of sp³-hybridized carbons (Fsp3) is 0.412.